The number of carbonyl (C=O) groups excluding carboxylic acids is 1. The molecule has 1 aliphatic heterocycles. The summed E-state index contributed by atoms with van der Waals surface area (Å²) >= 11 is 0. The van der Waals surface area contributed by atoms with Crippen LogP contribution in [0.3, 0.4) is 0 Å². The molecule has 0 aromatic heterocycles. The van der Waals surface area contributed by atoms with Gasteiger partial charge >= 0.3 is 0 Å². The molecule has 1 fully saturated rings. The molecule has 1 heterocycles. The second-order valence-corrected chi connectivity index (χ2v) is 5.29. The average Bonchev–Trinajstić information content (AvgIpc) is 2.39. The Morgan fingerprint density at radius 2 is 2.00 bits per heavy atom. The number of likely N-dealkylation sites (tertiary alicyclic amines) is 1. The van der Waals surface area contributed by atoms with E-state index in [0.29, 0.717) is 18.5 Å². The van der Waals surface area contributed by atoms with Crippen molar-refractivity contribution in [3.63, 3.8) is 0 Å². The van der Waals surface area contributed by atoms with Gasteiger partial charge in [-0.15, -0.1) is 0 Å². The summed E-state index contributed by atoms with van der Waals surface area (Å²) in [6, 6.07) is 0.898. The summed E-state index contributed by atoms with van der Waals surface area (Å²) in [6.45, 7) is 10.7. The topological polar surface area (TPSA) is 44.4 Å². The van der Waals surface area contributed by atoms with E-state index in [1.165, 1.54) is 25.9 Å². The monoisotopic (exact) mass is 255 g/mol. The third kappa shape index (κ3) is 5.83. The third-order valence-corrected chi connectivity index (χ3v) is 3.84. The Morgan fingerprint density at radius 3 is 2.56 bits per heavy atom. The molecule has 0 aromatic rings. The van der Waals surface area contributed by atoms with Gasteiger partial charge in [-0.1, -0.05) is 13.8 Å². The first-order chi connectivity index (χ1) is 8.65. The second-order valence-electron chi connectivity index (χ2n) is 5.29. The maximum absolute atomic E-state index is 11.6. The predicted octanol–water partition coefficient (Wildman–Crippen LogP) is 1.37. The van der Waals surface area contributed by atoms with E-state index in [9.17, 15) is 4.79 Å². The Morgan fingerprint density at radius 1 is 1.33 bits per heavy atom. The molecule has 1 amide bonds. The fourth-order valence-corrected chi connectivity index (χ4v) is 2.29. The first kappa shape index (κ1) is 15.4. The maximum atomic E-state index is 11.6. The van der Waals surface area contributed by atoms with Gasteiger partial charge in [0.25, 0.3) is 0 Å². The highest BCUT2D eigenvalue weighted by Crippen LogP contribution is 2.09. The van der Waals surface area contributed by atoms with Crippen LogP contribution in [0.15, 0.2) is 0 Å². The molecule has 0 saturated carbocycles. The van der Waals surface area contributed by atoms with E-state index in [1.807, 2.05) is 6.92 Å². The average molecular weight is 255 g/mol. The van der Waals surface area contributed by atoms with E-state index in [0.717, 1.165) is 19.5 Å². The molecule has 2 N–H and O–H groups in total. The number of amides is 1. The van der Waals surface area contributed by atoms with E-state index < -0.39 is 0 Å². The highest BCUT2D eigenvalue weighted by atomic mass is 16.1. The van der Waals surface area contributed by atoms with Crippen LogP contribution in [-0.2, 0) is 4.79 Å². The molecule has 0 radical (unpaired) electrons. The molecule has 0 aromatic carbocycles. The molecular weight excluding hydrogens is 226 g/mol. The van der Waals surface area contributed by atoms with Gasteiger partial charge in [0.15, 0.2) is 0 Å². The fraction of sp³-hybridized carbons (Fsp3) is 0.929. The van der Waals surface area contributed by atoms with Crippen LogP contribution >= 0.6 is 0 Å². The normalized spacial score (nSPS) is 19.7. The van der Waals surface area contributed by atoms with Gasteiger partial charge in [-0.05, 0) is 45.8 Å². The van der Waals surface area contributed by atoms with E-state index in [-0.39, 0.29) is 5.91 Å². The van der Waals surface area contributed by atoms with Crippen molar-refractivity contribution in [2.45, 2.75) is 58.5 Å². The quantitative estimate of drug-likeness (QED) is 0.722. The summed E-state index contributed by atoms with van der Waals surface area (Å²) in [5.41, 5.74) is 0. The van der Waals surface area contributed by atoms with Crippen molar-refractivity contribution in [3.05, 3.63) is 0 Å². The lowest BCUT2D eigenvalue weighted by Gasteiger charge is -2.31. The Bertz CT molecular complexity index is 237. The molecule has 1 aliphatic rings. The van der Waals surface area contributed by atoms with Gasteiger partial charge in [0.1, 0.15) is 0 Å². The van der Waals surface area contributed by atoms with Gasteiger partial charge in [0.05, 0.1) is 0 Å². The van der Waals surface area contributed by atoms with Gasteiger partial charge in [0.2, 0.25) is 5.91 Å². The van der Waals surface area contributed by atoms with Crippen LogP contribution in [-0.4, -0.2) is 49.1 Å². The molecule has 0 bridgehead atoms. The standard InChI is InChI=1S/C14H29N3O/c1-4-12(3)16-14(18)6-9-15-13-7-10-17(5-2)11-8-13/h12-13,15H,4-11H2,1-3H3,(H,16,18). The largest absolute Gasteiger partial charge is 0.354 e. The van der Waals surface area contributed by atoms with Crippen LogP contribution in [0.5, 0.6) is 0 Å². The summed E-state index contributed by atoms with van der Waals surface area (Å²) < 4.78 is 0. The molecule has 1 atom stereocenters. The molecule has 106 valence electrons. The minimum atomic E-state index is 0.169. The minimum absolute atomic E-state index is 0.169. The highest BCUT2D eigenvalue weighted by Gasteiger charge is 2.17. The van der Waals surface area contributed by atoms with E-state index in [2.05, 4.69) is 29.4 Å². The summed E-state index contributed by atoms with van der Waals surface area (Å²) in [5, 5.41) is 6.50. The Kier molecular flexibility index (Phi) is 7.28. The maximum Gasteiger partial charge on any atom is 0.221 e. The van der Waals surface area contributed by atoms with Crippen LogP contribution < -0.4 is 10.6 Å². The zero-order chi connectivity index (χ0) is 13.4. The third-order valence-electron chi connectivity index (χ3n) is 3.84. The van der Waals surface area contributed by atoms with Gasteiger partial charge < -0.3 is 15.5 Å². The van der Waals surface area contributed by atoms with Crippen LogP contribution in [0.1, 0.15) is 46.5 Å². The number of carbonyl (C=O) groups is 1. The van der Waals surface area contributed by atoms with Gasteiger partial charge in [-0.25, -0.2) is 0 Å². The van der Waals surface area contributed by atoms with Crippen molar-refractivity contribution in [3.8, 4) is 0 Å². The van der Waals surface area contributed by atoms with Gasteiger partial charge in [-0.3, -0.25) is 4.79 Å². The van der Waals surface area contributed by atoms with Crippen molar-refractivity contribution < 1.29 is 4.79 Å². The Labute approximate surface area is 111 Å². The zero-order valence-electron chi connectivity index (χ0n) is 12.2. The Balaban J connectivity index is 2.06. The molecule has 1 saturated heterocycles. The number of rotatable bonds is 7. The predicted molar refractivity (Wildman–Crippen MR) is 75.7 cm³/mol. The lowest BCUT2D eigenvalue weighted by molar-refractivity contribution is -0.121. The van der Waals surface area contributed by atoms with E-state index in [1.54, 1.807) is 0 Å². The smallest absolute Gasteiger partial charge is 0.221 e. The number of hydrogen-bond donors (Lipinski definition) is 2. The van der Waals surface area contributed by atoms with Crippen molar-refractivity contribution in [2.75, 3.05) is 26.2 Å². The summed E-state index contributed by atoms with van der Waals surface area (Å²) in [5.74, 6) is 0.169. The molecule has 0 aliphatic carbocycles. The van der Waals surface area contributed by atoms with Crippen molar-refractivity contribution in [1.82, 2.24) is 15.5 Å². The first-order valence-corrected chi connectivity index (χ1v) is 7.40. The molecule has 18 heavy (non-hydrogen) atoms. The van der Waals surface area contributed by atoms with Crippen molar-refractivity contribution in [2.24, 2.45) is 0 Å². The Hall–Kier alpha value is -0.610. The summed E-state index contributed by atoms with van der Waals surface area (Å²) in [4.78, 5) is 14.1. The van der Waals surface area contributed by atoms with Crippen LogP contribution in [0.4, 0.5) is 0 Å². The molecule has 1 rings (SSSR count). The molecule has 0 spiro atoms. The molecule has 4 heteroatoms. The van der Waals surface area contributed by atoms with Crippen LogP contribution in [0.2, 0.25) is 0 Å². The minimum Gasteiger partial charge on any atom is -0.354 e. The number of hydrogen-bond acceptors (Lipinski definition) is 3. The van der Waals surface area contributed by atoms with E-state index in [4.69, 9.17) is 0 Å². The molecule has 1 unspecified atom stereocenters. The summed E-state index contributed by atoms with van der Waals surface area (Å²) in [6.07, 6.45) is 4.01. The zero-order valence-corrected chi connectivity index (χ0v) is 12.2. The molecular formula is C14H29N3O. The number of piperidine rings is 1. The molecule has 4 nitrogen and oxygen atoms in total. The van der Waals surface area contributed by atoms with Gasteiger partial charge in [-0.2, -0.15) is 0 Å². The van der Waals surface area contributed by atoms with E-state index >= 15 is 0 Å². The number of nitrogens with zero attached hydrogens (tertiary/aromatic N) is 1. The lowest BCUT2D eigenvalue weighted by Crippen LogP contribution is -2.43. The van der Waals surface area contributed by atoms with Crippen LogP contribution in [0, 0.1) is 0 Å². The van der Waals surface area contributed by atoms with Crippen molar-refractivity contribution >= 4 is 5.91 Å². The lowest BCUT2D eigenvalue weighted by atomic mass is 10.1. The summed E-state index contributed by atoms with van der Waals surface area (Å²) in [7, 11) is 0. The fourth-order valence-electron chi connectivity index (χ4n) is 2.29. The van der Waals surface area contributed by atoms with Crippen molar-refractivity contribution in [1.29, 1.82) is 0 Å². The first-order valence-electron chi connectivity index (χ1n) is 7.40. The SMILES string of the molecule is CCC(C)NC(=O)CCNC1CCN(CC)CC1. The second kappa shape index (κ2) is 8.48. The van der Waals surface area contributed by atoms with Gasteiger partial charge in [0, 0.05) is 25.0 Å². The number of nitrogens with one attached hydrogen (secondary N) is 2. The highest BCUT2D eigenvalue weighted by molar-refractivity contribution is 5.76. The van der Waals surface area contributed by atoms with Crippen LogP contribution in [0.25, 0.3) is 0 Å².